The molecule has 3 aromatic rings. The van der Waals surface area contributed by atoms with Crippen LogP contribution in [-0.2, 0) is 16.1 Å². The predicted molar refractivity (Wildman–Crippen MR) is 137 cm³/mol. The van der Waals surface area contributed by atoms with E-state index in [1.165, 1.54) is 11.8 Å². The first-order chi connectivity index (χ1) is 16.0. The van der Waals surface area contributed by atoms with Crippen molar-refractivity contribution in [3.05, 3.63) is 100 Å². The Morgan fingerprint density at radius 3 is 2.42 bits per heavy atom. The highest BCUT2D eigenvalue weighted by atomic mass is 32.2. The van der Waals surface area contributed by atoms with Gasteiger partial charge in [0.05, 0.1) is 11.4 Å². The third kappa shape index (κ3) is 6.09. The van der Waals surface area contributed by atoms with Crippen LogP contribution in [0.25, 0.3) is 6.08 Å². The Bertz CT molecular complexity index is 1190. The molecule has 0 aliphatic carbocycles. The van der Waals surface area contributed by atoms with Gasteiger partial charge in [-0.05, 0) is 48.4 Å². The standard InChI is InChI=1S/C26H22N2O3S2/c1-18-7-11-21(12-8-18)27-24(29)17-31-22-13-9-19(10-14-22)15-23-25(30)28(26(32)33-23)16-20-5-3-2-4-6-20/h2-15H,16-17H2,1H3,(H,27,29)/b23-15-. The number of carbonyl (C=O) groups is 2. The van der Waals surface area contributed by atoms with E-state index in [1.807, 2.05) is 79.7 Å². The minimum absolute atomic E-state index is 0.0919. The molecule has 0 atom stereocenters. The van der Waals surface area contributed by atoms with E-state index in [2.05, 4.69) is 5.32 Å². The summed E-state index contributed by atoms with van der Waals surface area (Å²) < 4.78 is 6.13. The average molecular weight is 475 g/mol. The number of carbonyl (C=O) groups excluding carboxylic acids is 2. The Hall–Kier alpha value is -3.42. The summed E-state index contributed by atoms with van der Waals surface area (Å²) in [4.78, 5) is 27.1. The van der Waals surface area contributed by atoms with Gasteiger partial charge in [-0.2, -0.15) is 0 Å². The lowest BCUT2D eigenvalue weighted by Gasteiger charge is -2.14. The molecule has 1 fully saturated rings. The summed E-state index contributed by atoms with van der Waals surface area (Å²) in [5.74, 6) is 0.245. The Morgan fingerprint density at radius 2 is 1.73 bits per heavy atom. The number of rotatable bonds is 7. The normalized spacial score (nSPS) is 14.6. The Labute approximate surface area is 202 Å². The summed E-state index contributed by atoms with van der Waals surface area (Å²) in [6.07, 6.45) is 1.82. The summed E-state index contributed by atoms with van der Waals surface area (Å²) in [7, 11) is 0. The second kappa shape index (κ2) is 10.5. The van der Waals surface area contributed by atoms with E-state index in [-0.39, 0.29) is 18.4 Å². The van der Waals surface area contributed by atoms with Crippen LogP contribution >= 0.6 is 24.0 Å². The fourth-order valence-electron chi connectivity index (χ4n) is 3.20. The molecule has 7 heteroatoms. The van der Waals surface area contributed by atoms with Gasteiger partial charge < -0.3 is 10.1 Å². The van der Waals surface area contributed by atoms with Crippen molar-refractivity contribution >= 4 is 51.9 Å². The van der Waals surface area contributed by atoms with Gasteiger partial charge in [-0.15, -0.1) is 0 Å². The lowest BCUT2D eigenvalue weighted by atomic mass is 10.2. The fraction of sp³-hybridized carbons (Fsp3) is 0.115. The lowest BCUT2D eigenvalue weighted by Crippen LogP contribution is -2.27. The Balaban J connectivity index is 1.33. The number of ether oxygens (including phenoxy) is 1. The highest BCUT2D eigenvalue weighted by Gasteiger charge is 2.31. The van der Waals surface area contributed by atoms with Crippen LogP contribution in [0.1, 0.15) is 16.7 Å². The summed E-state index contributed by atoms with van der Waals surface area (Å²) >= 11 is 6.71. The van der Waals surface area contributed by atoms with Crippen molar-refractivity contribution in [1.82, 2.24) is 4.90 Å². The number of nitrogens with zero attached hydrogens (tertiary/aromatic N) is 1. The van der Waals surface area contributed by atoms with E-state index in [0.29, 0.717) is 21.5 Å². The zero-order valence-corrected chi connectivity index (χ0v) is 19.6. The molecule has 4 rings (SSSR count). The van der Waals surface area contributed by atoms with E-state index < -0.39 is 0 Å². The zero-order chi connectivity index (χ0) is 23.2. The highest BCUT2D eigenvalue weighted by molar-refractivity contribution is 8.26. The van der Waals surface area contributed by atoms with Gasteiger partial charge in [-0.25, -0.2) is 0 Å². The second-order valence-electron chi connectivity index (χ2n) is 7.53. The molecular formula is C26H22N2O3S2. The number of thioether (sulfide) groups is 1. The first kappa shape index (κ1) is 22.8. The van der Waals surface area contributed by atoms with E-state index in [1.54, 1.807) is 17.0 Å². The molecule has 0 unspecified atom stereocenters. The molecule has 0 bridgehead atoms. The highest BCUT2D eigenvalue weighted by Crippen LogP contribution is 2.33. The van der Waals surface area contributed by atoms with Gasteiger partial charge in [0.2, 0.25) is 0 Å². The van der Waals surface area contributed by atoms with E-state index in [0.717, 1.165) is 22.4 Å². The summed E-state index contributed by atoms with van der Waals surface area (Å²) in [5, 5.41) is 2.80. The monoisotopic (exact) mass is 474 g/mol. The Kier molecular flexibility index (Phi) is 7.22. The minimum atomic E-state index is -0.231. The van der Waals surface area contributed by atoms with Gasteiger partial charge in [-0.1, -0.05) is 84.1 Å². The Morgan fingerprint density at radius 1 is 1.03 bits per heavy atom. The second-order valence-corrected chi connectivity index (χ2v) is 9.20. The quantitative estimate of drug-likeness (QED) is 0.366. The summed E-state index contributed by atoms with van der Waals surface area (Å²) in [5.41, 5.74) is 3.74. The van der Waals surface area contributed by atoms with Crippen LogP contribution in [0.15, 0.2) is 83.8 Å². The zero-order valence-electron chi connectivity index (χ0n) is 18.0. The number of hydrogen-bond donors (Lipinski definition) is 1. The van der Waals surface area contributed by atoms with Crippen molar-refractivity contribution in [2.45, 2.75) is 13.5 Å². The third-order valence-electron chi connectivity index (χ3n) is 4.94. The predicted octanol–water partition coefficient (Wildman–Crippen LogP) is 5.41. The first-order valence-electron chi connectivity index (χ1n) is 10.4. The summed E-state index contributed by atoms with van der Waals surface area (Å²) in [6.45, 7) is 2.36. The third-order valence-corrected chi connectivity index (χ3v) is 6.32. The molecular weight excluding hydrogens is 452 g/mol. The molecule has 1 aliphatic heterocycles. The van der Waals surface area contributed by atoms with Crippen LogP contribution in [0.5, 0.6) is 5.75 Å². The SMILES string of the molecule is Cc1ccc(NC(=O)COc2ccc(/C=C3\SC(=S)N(Cc4ccccc4)C3=O)cc2)cc1. The van der Waals surface area contributed by atoms with Gasteiger partial charge in [0.1, 0.15) is 10.1 Å². The van der Waals surface area contributed by atoms with Gasteiger partial charge in [0, 0.05) is 5.69 Å². The number of thiocarbonyl (C=S) groups is 1. The number of amides is 2. The number of aryl methyl sites for hydroxylation is 1. The maximum absolute atomic E-state index is 12.8. The molecule has 0 radical (unpaired) electrons. The summed E-state index contributed by atoms with van der Waals surface area (Å²) in [6, 6.07) is 24.6. The number of hydrogen-bond acceptors (Lipinski definition) is 5. The van der Waals surface area contributed by atoms with Crippen molar-refractivity contribution in [3.63, 3.8) is 0 Å². The molecule has 3 aromatic carbocycles. The molecule has 1 heterocycles. The molecule has 5 nitrogen and oxygen atoms in total. The van der Waals surface area contributed by atoms with Crippen LogP contribution in [-0.4, -0.2) is 27.6 Å². The lowest BCUT2D eigenvalue weighted by molar-refractivity contribution is -0.122. The molecule has 1 N–H and O–H groups in total. The largest absolute Gasteiger partial charge is 0.484 e. The molecule has 1 aliphatic rings. The van der Waals surface area contributed by atoms with Crippen LogP contribution in [0, 0.1) is 6.92 Å². The van der Waals surface area contributed by atoms with Crippen LogP contribution in [0.4, 0.5) is 5.69 Å². The minimum Gasteiger partial charge on any atom is -0.484 e. The molecule has 0 aromatic heterocycles. The van der Waals surface area contributed by atoms with Crippen molar-refractivity contribution < 1.29 is 14.3 Å². The van der Waals surface area contributed by atoms with Crippen molar-refractivity contribution in [2.24, 2.45) is 0 Å². The number of anilines is 1. The fourth-order valence-corrected chi connectivity index (χ4v) is 4.45. The van der Waals surface area contributed by atoms with Crippen molar-refractivity contribution in [1.29, 1.82) is 0 Å². The number of nitrogens with one attached hydrogen (secondary N) is 1. The van der Waals surface area contributed by atoms with E-state index >= 15 is 0 Å². The molecule has 166 valence electrons. The van der Waals surface area contributed by atoms with Gasteiger partial charge in [0.15, 0.2) is 6.61 Å². The smallest absolute Gasteiger partial charge is 0.266 e. The van der Waals surface area contributed by atoms with Crippen LogP contribution in [0.3, 0.4) is 0 Å². The molecule has 33 heavy (non-hydrogen) atoms. The topological polar surface area (TPSA) is 58.6 Å². The first-order valence-corrected chi connectivity index (χ1v) is 11.6. The molecule has 2 amide bonds. The van der Waals surface area contributed by atoms with Crippen LogP contribution in [0.2, 0.25) is 0 Å². The van der Waals surface area contributed by atoms with E-state index in [4.69, 9.17) is 17.0 Å². The van der Waals surface area contributed by atoms with Gasteiger partial charge >= 0.3 is 0 Å². The molecule has 1 saturated heterocycles. The van der Waals surface area contributed by atoms with Gasteiger partial charge in [0.25, 0.3) is 11.8 Å². The maximum atomic E-state index is 12.8. The van der Waals surface area contributed by atoms with Crippen molar-refractivity contribution in [2.75, 3.05) is 11.9 Å². The molecule has 0 spiro atoms. The number of benzene rings is 3. The van der Waals surface area contributed by atoms with E-state index in [9.17, 15) is 9.59 Å². The van der Waals surface area contributed by atoms with Crippen LogP contribution < -0.4 is 10.1 Å². The van der Waals surface area contributed by atoms with Gasteiger partial charge in [-0.3, -0.25) is 14.5 Å². The maximum Gasteiger partial charge on any atom is 0.266 e. The van der Waals surface area contributed by atoms with Crippen molar-refractivity contribution in [3.8, 4) is 5.75 Å². The average Bonchev–Trinajstić information content (AvgIpc) is 3.08. The molecule has 0 saturated carbocycles.